The van der Waals surface area contributed by atoms with Gasteiger partial charge in [-0.1, -0.05) is 31.2 Å². The van der Waals surface area contributed by atoms with Gasteiger partial charge in [0.1, 0.15) is 0 Å². The first-order valence-corrected chi connectivity index (χ1v) is 4.91. The Morgan fingerprint density at radius 2 is 1.81 bits per heavy atom. The molecule has 1 rings (SSSR count). The average molecular weight is 229 g/mol. The number of halogens is 3. The molecule has 16 heavy (non-hydrogen) atoms. The number of hydrogen-bond donors (Lipinski definition) is 1. The third-order valence-electron chi connectivity index (χ3n) is 2.61. The minimum atomic E-state index is -4.29. The molecule has 0 aliphatic rings. The fourth-order valence-electron chi connectivity index (χ4n) is 1.37. The molecule has 0 aromatic heterocycles. The summed E-state index contributed by atoms with van der Waals surface area (Å²) in [5, 5.41) is 0. The lowest BCUT2D eigenvalue weighted by molar-refractivity contribution is -0.137. The summed E-state index contributed by atoms with van der Waals surface area (Å²) in [5.74, 6) is -0.0210. The monoisotopic (exact) mass is 229 g/mol. The summed E-state index contributed by atoms with van der Waals surface area (Å²) in [6.45, 7) is 5.98. The second-order valence-corrected chi connectivity index (χ2v) is 3.70. The van der Waals surface area contributed by atoms with Crippen molar-refractivity contribution in [3.05, 3.63) is 47.5 Å². The summed E-state index contributed by atoms with van der Waals surface area (Å²) in [4.78, 5) is 0. The number of alkyl halides is 3. The normalized spacial score (nSPS) is 13.6. The average Bonchev–Trinajstić information content (AvgIpc) is 2.26. The van der Waals surface area contributed by atoms with Gasteiger partial charge in [0.05, 0.1) is 5.56 Å². The van der Waals surface area contributed by atoms with Gasteiger partial charge in [-0.05, 0) is 17.7 Å². The van der Waals surface area contributed by atoms with Gasteiger partial charge in [-0.25, -0.2) is 0 Å². The largest absolute Gasteiger partial charge is 0.416 e. The molecule has 0 aliphatic heterocycles. The van der Waals surface area contributed by atoms with Crippen molar-refractivity contribution in [1.82, 2.24) is 0 Å². The van der Waals surface area contributed by atoms with Crippen LogP contribution < -0.4 is 5.73 Å². The Balaban J connectivity index is 2.91. The van der Waals surface area contributed by atoms with Gasteiger partial charge >= 0.3 is 6.18 Å². The maximum absolute atomic E-state index is 12.3. The van der Waals surface area contributed by atoms with Gasteiger partial charge < -0.3 is 5.73 Å². The summed E-state index contributed by atoms with van der Waals surface area (Å²) in [5.41, 5.74) is 6.39. The fourth-order valence-corrected chi connectivity index (χ4v) is 1.37. The molecule has 88 valence electrons. The molecule has 1 atom stereocenters. The molecule has 2 N–H and O–H groups in total. The van der Waals surface area contributed by atoms with Crippen LogP contribution in [0.15, 0.2) is 36.4 Å². The molecule has 0 bridgehead atoms. The van der Waals surface area contributed by atoms with Crippen LogP contribution >= 0.6 is 0 Å². The Labute approximate surface area is 92.8 Å². The molecule has 1 aromatic carbocycles. The van der Waals surface area contributed by atoms with Gasteiger partial charge in [-0.15, -0.1) is 0 Å². The molecule has 0 fully saturated rings. The Hall–Kier alpha value is -1.29. The van der Waals surface area contributed by atoms with E-state index in [1.54, 1.807) is 0 Å². The molecular weight excluding hydrogens is 215 g/mol. The number of benzene rings is 1. The summed E-state index contributed by atoms with van der Waals surface area (Å²) in [7, 11) is 0. The second kappa shape index (κ2) is 4.70. The van der Waals surface area contributed by atoms with E-state index in [-0.39, 0.29) is 5.92 Å². The highest BCUT2D eigenvalue weighted by molar-refractivity contribution is 5.31. The highest BCUT2D eigenvalue weighted by atomic mass is 19.4. The van der Waals surface area contributed by atoms with Crippen LogP contribution in [0.3, 0.4) is 0 Å². The molecule has 1 nitrogen and oxygen atoms in total. The van der Waals surface area contributed by atoms with Crippen LogP contribution in [0.5, 0.6) is 0 Å². The van der Waals surface area contributed by atoms with E-state index in [2.05, 4.69) is 6.58 Å². The van der Waals surface area contributed by atoms with Crippen molar-refractivity contribution in [3.8, 4) is 0 Å². The Kier molecular flexibility index (Phi) is 3.75. The summed E-state index contributed by atoms with van der Waals surface area (Å²) in [6.07, 6.45) is -4.29. The highest BCUT2D eigenvalue weighted by Gasteiger charge is 2.30. The molecule has 0 radical (unpaired) electrons. The van der Waals surface area contributed by atoms with Gasteiger partial charge in [0.15, 0.2) is 0 Å². The van der Waals surface area contributed by atoms with Crippen LogP contribution in [0, 0.1) is 0 Å². The maximum atomic E-state index is 12.3. The van der Waals surface area contributed by atoms with Crippen LogP contribution in [0.1, 0.15) is 24.0 Å². The first kappa shape index (κ1) is 12.8. The van der Waals surface area contributed by atoms with Crippen LogP contribution in [0.25, 0.3) is 0 Å². The summed E-state index contributed by atoms with van der Waals surface area (Å²) >= 11 is 0. The lowest BCUT2D eigenvalue weighted by Crippen LogP contribution is -2.09. The van der Waals surface area contributed by atoms with E-state index in [1.807, 2.05) is 6.92 Å². The molecule has 0 spiro atoms. The van der Waals surface area contributed by atoms with E-state index < -0.39 is 11.7 Å². The first-order chi connectivity index (χ1) is 7.36. The zero-order valence-electron chi connectivity index (χ0n) is 9.01. The zero-order chi connectivity index (χ0) is 12.3. The third-order valence-corrected chi connectivity index (χ3v) is 2.61. The summed E-state index contributed by atoms with van der Waals surface area (Å²) < 4.78 is 36.9. The predicted octanol–water partition coefficient (Wildman–Crippen LogP) is 3.32. The molecule has 1 aromatic rings. The van der Waals surface area contributed by atoms with Gasteiger partial charge in [0, 0.05) is 12.5 Å². The van der Waals surface area contributed by atoms with Crippen LogP contribution in [-0.4, -0.2) is 6.54 Å². The fraction of sp³-hybridized carbons (Fsp3) is 0.333. The molecule has 0 aliphatic carbocycles. The van der Waals surface area contributed by atoms with Crippen molar-refractivity contribution in [2.75, 3.05) is 6.54 Å². The zero-order valence-corrected chi connectivity index (χ0v) is 9.01. The van der Waals surface area contributed by atoms with E-state index >= 15 is 0 Å². The topological polar surface area (TPSA) is 26.0 Å². The molecule has 0 saturated heterocycles. The maximum Gasteiger partial charge on any atom is 0.416 e. The Morgan fingerprint density at radius 3 is 2.19 bits per heavy atom. The van der Waals surface area contributed by atoms with E-state index in [1.165, 1.54) is 12.1 Å². The SMILES string of the molecule is C=C(CN)C(C)c1ccc(C(F)(F)F)cc1. The van der Waals surface area contributed by atoms with Gasteiger partial charge in [-0.3, -0.25) is 0 Å². The standard InChI is InChI=1S/C12H14F3N/c1-8(7-16)9(2)10-3-5-11(6-4-10)12(13,14)15/h3-6,9H,1,7,16H2,2H3. The van der Waals surface area contributed by atoms with Gasteiger partial charge in [-0.2, -0.15) is 13.2 Å². The quantitative estimate of drug-likeness (QED) is 0.790. The van der Waals surface area contributed by atoms with E-state index in [0.717, 1.165) is 23.3 Å². The molecule has 0 saturated carbocycles. The van der Waals surface area contributed by atoms with Crippen molar-refractivity contribution in [2.45, 2.75) is 19.0 Å². The number of rotatable bonds is 3. The van der Waals surface area contributed by atoms with Crippen molar-refractivity contribution in [3.63, 3.8) is 0 Å². The van der Waals surface area contributed by atoms with E-state index in [9.17, 15) is 13.2 Å². The number of hydrogen-bond acceptors (Lipinski definition) is 1. The van der Waals surface area contributed by atoms with Crippen molar-refractivity contribution in [2.24, 2.45) is 5.73 Å². The molecule has 0 amide bonds. The Bertz CT molecular complexity index is 365. The lowest BCUT2D eigenvalue weighted by Gasteiger charge is -2.14. The van der Waals surface area contributed by atoms with Crippen molar-refractivity contribution in [1.29, 1.82) is 0 Å². The molecule has 1 unspecified atom stereocenters. The smallest absolute Gasteiger partial charge is 0.327 e. The number of nitrogens with two attached hydrogens (primary N) is 1. The van der Waals surface area contributed by atoms with Crippen molar-refractivity contribution >= 4 is 0 Å². The van der Waals surface area contributed by atoms with E-state index in [0.29, 0.717) is 6.54 Å². The van der Waals surface area contributed by atoms with Gasteiger partial charge in [0.2, 0.25) is 0 Å². The second-order valence-electron chi connectivity index (χ2n) is 3.70. The minimum absolute atomic E-state index is 0.0210. The van der Waals surface area contributed by atoms with Gasteiger partial charge in [0.25, 0.3) is 0 Å². The van der Waals surface area contributed by atoms with Crippen LogP contribution in [-0.2, 0) is 6.18 Å². The van der Waals surface area contributed by atoms with E-state index in [4.69, 9.17) is 5.73 Å². The van der Waals surface area contributed by atoms with Crippen LogP contribution in [0.4, 0.5) is 13.2 Å². The predicted molar refractivity (Wildman–Crippen MR) is 58.1 cm³/mol. The lowest BCUT2D eigenvalue weighted by atomic mass is 9.93. The molecule has 4 heteroatoms. The molecular formula is C12H14F3N. The third kappa shape index (κ3) is 2.85. The highest BCUT2D eigenvalue weighted by Crippen LogP contribution is 2.31. The summed E-state index contributed by atoms with van der Waals surface area (Å²) in [6, 6.07) is 5.09. The molecule has 0 heterocycles. The first-order valence-electron chi connectivity index (χ1n) is 4.91. The van der Waals surface area contributed by atoms with Crippen molar-refractivity contribution < 1.29 is 13.2 Å². The van der Waals surface area contributed by atoms with Crippen LogP contribution in [0.2, 0.25) is 0 Å². The minimum Gasteiger partial charge on any atom is -0.327 e. The Morgan fingerprint density at radius 1 is 1.31 bits per heavy atom.